The number of hydrogen-bond acceptors (Lipinski definition) is 4. The van der Waals surface area contributed by atoms with Gasteiger partial charge in [0.05, 0.1) is 0 Å². The van der Waals surface area contributed by atoms with Crippen molar-refractivity contribution in [2.75, 3.05) is 0 Å². The molecule has 0 unspecified atom stereocenters. The molecule has 32 valence electrons. The van der Waals surface area contributed by atoms with Crippen molar-refractivity contribution in [1.29, 1.82) is 0 Å². The van der Waals surface area contributed by atoms with Crippen LogP contribution in [-0.2, 0) is 0 Å². The first-order valence-corrected chi connectivity index (χ1v) is 2.51. The van der Waals surface area contributed by atoms with Gasteiger partial charge >= 0.3 is 52.6 Å². The van der Waals surface area contributed by atoms with Crippen molar-refractivity contribution in [3.8, 4) is 0 Å². The molecule has 0 atom stereocenters. The van der Waals surface area contributed by atoms with Gasteiger partial charge in [0.15, 0.2) is 0 Å². The Morgan fingerprint density at radius 3 is 1.14 bits per heavy atom. The van der Waals surface area contributed by atoms with Gasteiger partial charge in [-0.1, -0.05) is 0 Å². The SMILES string of the molecule is [Mg+2].[Na+].[O-][Si]([O-])([O-])O. The molecule has 0 heterocycles. The number of rotatable bonds is 0. The third-order valence-electron chi connectivity index (χ3n) is 0. The van der Waals surface area contributed by atoms with E-state index >= 15 is 0 Å². The summed E-state index contributed by atoms with van der Waals surface area (Å²) < 4.78 is 0. The average Bonchev–Trinajstić information content (AvgIpc) is 0.722. The maximum absolute atomic E-state index is 8.69. The minimum atomic E-state index is -5.36. The van der Waals surface area contributed by atoms with E-state index in [1.165, 1.54) is 0 Å². The molecule has 4 nitrogen and oxygen atoms in total. The Labute approximate surface area is 80.1 Å². The van der Waals surface area contributed by atoms with E-state index in [9.17, 15) is 0 Å². The largest absolute Gasteiger partial charge is 2.00 e. The molecule has 0 aromatic heterocycles. The second-order valence-electron chi connectivity index (χ2n) is 0.524. The topological polar surface area (TPSA) is 89.4 Å². The fourth-order valence-corrected chi connectivity index (χ4v) is 0. The summed E-state index contributed by atoms with van der Waals surface area (Å²) >= 11 is 0. The zero-order chi connectivity index (χ0) is 4.50. The minimum Gasteiger partial charge on any atom is -0.861 e. The van der Waals surface area contributed by atoms with Gasteiger partial charge in [0, 0.05) is 0 Å². The van der Waals surface area contributed by atoms with Crippen LogP contribution in [-0.4, -0.2) is 36.9 Å². The van der Waals surface area contributed by atoms with Gasteiger partial charge in [-0.3, -0.25) is 0 Å². The van der Waals surface area contributed by atoms with E-state index < -0.39 is 9.05 Å². The Kier molecular flexibility index (Phi) is 13.5. The van der Waals surface area contributed by atoms with Gasteiger partial charge < -0.3 is 19.2 Å². The first-order chi connectivity index (χ1) is 2.00. The molecule has 0 aromatic rings. The van der Waals surface area contributed by atoms with Crippen LogP contribution in [0.4, 0.5) is 0 Å². The quantitative estimate of drug-likeness (QED) is 0.339. The van der Waals surface area contributed by atoms with Crippen molar-refractivity contribution < 1.29 is 48.7 Å². The fraction of sp³-hybridized carbons (Fsp3) is 0. The molecule has 0 saturated heterocycles. The van der Waals surface area contributed by atoms with Crippen LogP contribution in [0.1, 0.15) is 0 Å². The molecular weight excluding hydrogens is 139 g/mol. The number of hydrogen-bond donors (Lipinski definition) is 1. The Morgan fingerprint density at radius 1 is 1.14 bits per heavy atom. The van der Waals surface area contributed by atoms with Gasteiger partial charge in [0.2, 0.25) is 0 Å². The van der Waals surface area contributed by atoms with Crippen LogP contribution in [0.15, 0.2) is 0 Å². The Bertz CT molecular complexity index is 27.2. The van der Waals surface area contributed by atoms with Crippen LogP contribution in [0.2, 0.25) is 0 Å². The van der Waals surface area contributed by atoms with Gasteiger partial charge in [0.1, 0.15) is 0 Å². The first kappa shape index (κ1) is 15.9. The molecule has 1 N–H and O–H groups in total. The monoisotopic (exact) mass is 140 g/mol. The van der Waals surface area contributed by atoms with Crippen LogP contribution in [0, 0.1) is 0 Å². The Hall–Kier alpha value is 1.82. The van der Waals surface area contributed by atoms with Crippen LogP contribution in [0.5, 0.6) is 0 Å². The molecule has 0 aliphatic carbocycles. The van der Waals surface area contributed by atoms with Crippen molar-refractivity contribution >= 4 is 32.1 Å². The van der Waals surface area contributed by atoms with Crippen molar-refractivity contribution in [3.05, 3.63) is 0 Å². The van der Waals surface area contributed by atoms with Crippen molar-refractivity contribution in [3.63, 3.8) is 0 Å². The van der Waals surface area contributed by atoms with E-state index in [2.05, 4.69) is 0 Å². The van der Waals surface area contributed by atoms with Gasteiger partial charge in [-0.05, 0) is 0 Å². The third-order valence-corrected chi connectivity index (χ3v) is 0. The molecule has 0 saturated carbocycles. The molecule has 7 heavy (non-hydrogen) atoms. The summed E-state index contributed by atoms with van der Waals surface area (Å²) in [5.74, 6) is 0. The standard InChI is InChI=1S/Mg.Na.HO4Si/c;;1-5(2,3)4/h;;1H/q+2;+1;-3. The summed E-state index contributed by atoms with van der Waals surface area (Å²) in [4.78, 5) is 33.1. The minimum absolute atomic E-state index is 0. The zero-order valence-electron chi connectivity index (χ0n) is 3.88. The van der Waals surface area contributed by atoms with E-state index in [1.54, 1.807) is 0 Å². The van der Waals surface area contributed by atoms with Crippen LogP contribution in [0.3, 0.4) is 0 Å². The van der Waals surface area contributed by atoms with Crippen LogP contribution in [0.25, 0.3) is 0 Å². The van der Waals surface area contributed by atoms with Gasteiger partial charge in [-0.15, -0.1) is 9.05 Å². The summed E-state index contributed by atoms with van der Waals surface area (Å²) in [7, 11) is -5.36. The Morgan fingerprint density at radius 2 is 1.14 bits per heavy atom. The predicted octanol–water partition coefficient (Wildman–Crippen LogP) is -7.88. The molecule has 0 spiro atoms. The van der Waals surface area contributed by atoms with Gasteiger partial charge in [-0.25, -0.2) is 0 Å². The maximum Gasteiger partial charge on any atom is 2.00 e. The second-order valence-corrected chi connectivity index (χ2v) is 1.57. The zero-order valence-corrected chi connectivity index (χ0v) is 8.29. The van der Waals surface area contributed by atoms with Crippen LogP contribution < -0.4 is 43.9 Å². The molecule has 0 bridgehead atoms. The maximum atomic E-state index is 8.69. The predicted molar refractivity (Wildman–Crippen MR) is 13.7 cm³/mol. The first-order valence-electron chi connectivity index (χ1n) is 0.836. The fourth-order valence-electron chi connectivity index (χ4n) is 0. The van der Waals surface area contributed by atoms with Crippen molar-refractivity contribution in [2.24, 2.45) is 0 Å². The average molecular weight is 140 g/mol. The molecule has 0 radical (unpaired) electrons. The van der Waals surface area contributed by atoms with Crippen molar-refractivity contribution in [2.45, 2.75) is 0 Å². The molecule has 0 aromatic carbocycles. The normalized spacial score (nSPS) is 8.57. The van der Waals surface area contributed by atoms with Crippen molar-refractivity contribution in [1.82, 2.24) is 0 Å². The van der Waals surface area contributed by atoms with Crippen LogP contribution >= 0.6 is 0 Å². The van der Waals surface area contributed by atoms with Gasteiger partial charge in [-0.2, -0.15) is 0 Å². The molecule has 0 aliphatic heterocycles. The molecule has 0 amide bonds. The third kappa shape index (κ3) is 79.8. The summed E-state index contributed by atoms with van der Waals surface area (Å²) in [6.07, 6.45) is 0. The summed E-state index contributed by atoms with van der Waals surface area (Å²) in [6, 6.07) is 0. The molecule has 0 rings (SSSR count). The van der Waals surface area contributed by atoms with E-state index in [1.807, 2.05) is 0 Å². The summed E-state index contributed by atoms with van der Waals surface area (Å²) in [5, 5.41) is 0. The van der Waals surface area contributed by atoms with E-state index in [0.717, 1.165) is 0 Å². The summed E-state index contributed by atoms with van der Waals surface area (Å²) in [6.45, 7) is 0. The van der Waals surface area contributed by atoms with E-state index in [0.29, 0.717) is 0 Å². The molecule has 0 aliphatic rings. The summed E-state index contributed by atoms with van der Waals surface area (Å²) in [5.41, 5.74) is 0. The van der Waals surface area contributed by atoms with E-state index in [-0.39, 0.29) is 52.6 Å². The van der Waals surface area contributed by atoms with E-state index in [4.69, 9.17) is 19.2 Å². The molecular formula is HMgNaO4Si. The second kappa shape index (κ2) is 5.95. The molecule has 7 heteroatoms. The molecule has 0 fully saturated rings. The van der Waals surface area contributed by atoms with Gasteiger partial charge in [0.25, 0.3) is 0 Å². The Balaban J connectivity index is -0.0000000800. The smallest absolute Gasteiger partial charge is 0.861 e.